The van der Waals surface area contributed by atoms with E-state index in [-0.39, 0.29) is 11.9 Å². The van der Waals surface area contributed by atoms with Crippen LogP contribution >= 0.6 is 0 Å². The molecule has 1 saturated carbocycles. The Bertz CT molecular complexity index is 904. The first kappa shape index (κ1) is 15.7. The zero-order chi connectivity index (χ0) is 17.4. The summed E-state index contributed by atoms with van der Waals surface area (Å²) in [7, 11) is 0. The number of aromatic amines is 1. The van der Waals surface area contributed by atoms with Gasteiger partial charge in [0.25, 0.3) is 0 Å². The summed E-state index contributed by atoms with van der Waals surface area (Å²) in [4.78, 5) is 19.9. The van der Waals surface area contributed by atoms with Crippen molar-refractivity contribution in [1.82, 2.24) is 15.3 Å². The minimum absolute atomic E-state index is 0.175. The topological polar surface area (TPSA) is 70.9 Å². The molecule has 0 saturated heterocycles. The second-order valence-electron chi connectivity index (χ2n) is 6.76. The van der Waals surface area contributed by atoms with Crippen LogP contribution in [0.5, 0.6) is 0 Å². The van der Waals surface area contributed by atoms with Gasteiger partial charge in [-0.05, 0) is 49.6 Å². The number of imidazole rings is 1. The lowest BCUT2D eigenvalue weighted by Gasteiger charge is -2.08. The summed E-state index contributed by atoms with van der Waals surface area (Å²) in [5.74, 6) is 3.54. The van der Waals surface area contributed by atoms with E-state index in [1.165, 1.54) is 12.5 Å². The van der Waals surface area contributed by atoms with Crippen LogP contribution in [0.4, 0.5) is 0 Å². The fourth-order valence-corrected chi connectivity index (χ4v) is 3.04. The Hall–Kier alpha value is -2.82. The van der Waals surface area contributed by atoms with Gasteiger partial charge in [-0.1, -0.05) is 19.1 Å². The highest BCUT2D eigenvalue weighted by Crippen LogP contribution is 2.47. The van der Waals surface area contributed by atoms with Gasteiger partial charge in [0, 0.05) is 12.0 Å². The van der Waals surface area contributed by atoms with Gasteiger partial charge in [-0.3, -0.25) is 4.79 Å². The van der Waals surface area contributed by atoms with E-state index in [1.807, 2.05) is 43.3 Å². The fourth-order valence-electron chi connectivity index (χ4n) is 3.04. The number of carbonyl (C=O) groups is 1. The monoisotopic (exact) mass is 335 g/mol. The van der Waals surface area contributed by atoms with Crippen LogP contribution in [0.3, 0.4) is 0 Å². The van der Waals surface area contributed by atoms with Crippen molar-refractivity contribution in [3.8, 4) is 0 Å². The van der Waals surface area contributed by atoms with Crippen LogP contribution in [0.2, 0.25) is 0 Å². The van der Waals surface area contributed by atoms with Crippen LogP contribution in [0, 0.1) is 5.92 Å². The number of nitrogens with one attached hydrogen (secondary N) is 2. The predicted octanol–water partition coefficient (Wildman–Crippen LogP) is 4.17. The van der Waals surface area contributed by atoms with Gasteiger partial charge in [0.2, 0.25) is 5.91 Å². The molecule has 3 unspecified atom stereocenters. The second-order valence-corrected chi connectivity index (χ2v) is 6.76. The number of rotatable bonds is 5. The molecule has 4 rings (SSSR count). The Kier molecular flexibility index (Phi) is 3.92. The van der Waals surface area contributed by atoms with E-state index >= 15 is 0 Å². The van der Waals surface area contributed by atoms with E-state index in [9.17, 15) is 4.79 Å². The molecule has 2 aromatic heterocycles. The van der Waals surface area contributed by atoms with E-state index in [2.05, 4.69) is 22.2 Å². The standard InChI is InChI=1S/C20H21N3O2/c1-12-11-15(12)18-9-7-14(25-18)8-10-19(24)21-13(2)20-22-16-5-3-4-6-17(16)23-20/h3-10,12-13,15H,11H2,1-2H3,(H,21,24)(H,22,23)/b10-8+. The Balaban J connectivity index is 1.38. The van der Waals surface area contributed by atoms with Gasteiger partial charge < -0.3 is 14.7 Å². The zero-order valence-electron chi connectivity index (χ0n) is 14.3. The lowest BCUT2D eigenvalue weighted by atomic mass is 10.3. The third-order valence-corrected chi connectivity index (χ3v) is 4.70. The average Bonchev–Trinajstić information content (AvgIpc) is 3.04. The van der Waals surface area contributed by atoms with Crippen molar-refractivity contribution in [2.45, 2.75) is 32.2 Å². The number of furan rings is 1. The van der Waals surface area contributed by atoms with E-state index in [1.54, 1.807) is 6.08 Å². The zero-order valence-corrected chi connectivity index (χ0v) is 14.3. The number of benzene rings is 1. The van der Waals surface area contributed by atoms with Gasteiger partial charge in [0.15, 0.2) is 0 Å². The van der Waals surface area contributed by atoms with Crippen LogP contribution in [-0.2, 0) is 4.79 Å². The molecule has 0 bridgehead atoms. The highest BCUT2D eigenvalue weighted by molar-refractivity contribution is 5.91. The molecule has 0 radical (unpaired) electrons. The van der Waals surface area contributed by atoms with Crippen molar-refractivity contribution in [3.05, 3.63) is 59.8 Å². The van der Waals surface area contributed by atoms with E-state index in [4.69, 9.17) is 4.42 Å². The highest BCUT2D eigenvalue weighted by atomic mass is 16.3. The van der Waals surface area contributed by atoms with Crippen molar-refractivity contribution in [2.24, 2.45) is 5.92 Å². The van der Waals surface area contributed by atoms with Gasteiger partial charge in [0.05, 0.1) is 17.1 Å². The Morgan fingerprint density at radius 1 is 1.36 bits per heavy atom. The first-order chi connectivity index (χ1) is 12.1. The fraction of sp³-hybridized carbons (Fsp3) is 0.300. The molecular weight excluding hydrogens is 314 g/mol. The Morgan fingerprint density at radius 3 is 2.92 bits per heavy atom. The maximum atomic E-state index is 12.1. The summed E-state index contributed by atoms with van der Waals surface area (Å²) in [5.41, 5.74) is 1.86. The smallest absolute Gasteiger partial charge is 0.244 e. The van der Waals surface area contributed by atoms with Gasteiger partial charge in [-0.15, -0.1) is 0 Å². The molecule has 3 atom stereocenters. The molecule has 128 valence electrons. The number of nitrogens with zero attached hydrogens (tertiary/aromatic N) is 1. The first-order valence-electron chi connectivity index (χ1n) is 8.63. The minimum atomic E-state index is -0.205. The molecule has 0 spiro atoms. The summed E-state index contributed by atoms with van der Waals surface area (Å²) < 4.78 is 5.77. The highest BCUT2D eigenvalue weighted by Gasteiger charge is 2.36. The van der Waals surface area contributed by atoms with Gasteiger partial charge in [0.1, 0.15) is 17.3 Å². The lowest BCUT2D eigenvalue weighted by Crippen LogP contribution is -2.25. The molecule has 1 aromatic carbocycles. The molecule has 0 aliphatic heterocycles. The predicted molar refractivity (Wildman–Crippen MR) is 96.9 cm³/mol. The second kappa shape index (κ2) is 6.24. The van der Waals surface area contributed by atoms with Crippen LogP contribution in [0.25, 0.3) is 17.1 Å². The van der Waals surface area contributed by atoms with Crippen LogP contribution < -0.4 is 5.32 Å². The third-order valence-electron chi connectivity index (χ3n) is 4.70. The van der Waals surface area contributed by atoms with Gasteiger partial charge in [-0.2, -0.15) is 0 Å². The maximum absolute atomic E-state index is 12.1. The number of aromatic nitrogens is 2. The molecule has 1 fully saturated rings. The van der Waals surface area contributed by atoms with E-state index in [0.717, 1.165) is 22.6 Å². The van der Waals surface area contributed by atoms with Crippen molar-refractivity contribution in [3.63, 3.8) is 0 Å². The number of H-pyrrole nitrogens is 1. The number of amides is 1. The Labute approximate surface area is 146 Å². The molecule has 1 aliphatic carbocycles. The molecule has 2 N–H and O–H groups in total. The summed E-state index contributed by atoms with van der Waals surface area (Å²) >= 11 is 0. The summed E-state index contributed by atoms with van der Waals surface area (Å²) in [5, 5.41) is 2.92. The number of para-hydroxylation sites is 2. The summed E-state index contributed by atoms with van der Waals surface area (Å²) in [6.45, 7) is 4.12. The number of hydrogen-bond donors (Lipinski definition) is 2. The largest absolute Gasteiger partial charge is 0.461 e. The van der Waals surface area contributed by atoms with E-state index in [0.29, 0.717) is 17.6 Å². The molecule has 1 aliphatic rings. The average molecular weight is 335 g/mol. The normalized spacial score (nSPS) is 20.9. The molecular formula is C20H21N3O2. The van der Waals surface area contributed by atoms with Crippen molar-refractivity contribution >= 4 is 23.0 Å². The van der Waals surface area contributed by atoms with E-state index < -0.39 is 0 Å². The minimum Gasteiger partial charge on any atom is -0.461 e. The summed E-state index contributed by atoms with van der Waals surface area (Å²) in [6, 6.07) is 11.5. The summed E-state index contributed by atoms with van der Waals surface area (Å²) in [6.07, 6.45) is 4.39. The number of fused-ring (bicyclic) bond motifs is 1. The van der Waals surface area contributed by atoms with Crippen LogP contribution in [-0.4, -0.2) is 15.9 Å². The SMILES string of the molecule is CC(NC(=O)/C=C/c1ccc(C2CC2C)o1)c1nc2ccccc2[nH]1. The van der Waals surface area contributed by atoms with Crippen molar-refractivity contribution < 1.29 is 9.21 Å². The quantitative estimate of drug-likeness (QED) is 0.687. The molecule has 5 heteroatoms. The molecule has 3 aromatic rings. The van der Waals surface area contributed by atoms with Gasteiger partial charge in [-0.25, -0.2) is 4.98 Å². The lowest BCUT2D eigenvalue weighted by molar-refractivity contribution is -0.117. The molecule has 25 heavy (non-hydrogen) atoms. The Morgan fingerprint density at radius 2 is 2.16 bits per heavy atom. The van der Waals surface area contributed by atoms with Crippen LogP contribution in [0.1, 0.15) is 49.6 Å². The molecule has 5 nitrogen and oxygen atoms in total. The maximum Gasteiger partial charge on any atom is 0.244 e. The number of carbonyl (C=O) groups excluding carboxylic acids is 1. The first-order valence-corrected chi connectivity index (χ1v) is 8.63. The molecule has 2 heterocycles. The van der Waals surface area contributed by atoms with Crippen LogP contribution in [0.15, 0.2) is 46.9 Å². The van der Waals surface area contributed by atoms with Gasteiger partial charge >= 0.3 is 0 Å². The molecule has 1 amide bonds. The van der Waals surface area contributed by atoms with Crippen molar-refractivity contribution in [1.29, 1.82) is 0 Å². The van der Waals surface area contributed by atoms with Crippen molar-refractivity contribution in [2.75, 3.05) is 0 Å². The third kappa shape index (κ3) is 3.36. The number of hydrogen-bond acceptors (Lipinski definition) is 3.